The standard InChI is InChI=1S/C26H27ClF3N5O4S/c1-13(24(36)37)10-34-7-5-18-21(34)26(29,30)12-35(18)11-17-19(25(38)39-2)20(15-4-3-14(28)9-16(15)27)33-22(32-17)23-31-6-8-40-23/h3-4,6,8-9,13,18,20-21H,5,7,10-12H2,1-2H3,(H,32,33)(H,36,37). The number of ether oxygens (including phenoxy) is 1. The number of carboxylic acids is 1. The first-order valence-corrected chi connectivity index (χ1v) is 13.9. The van der Waals surface area contributed by atoms with Crippen molar-refractivity contribution in [1.82, 2.24) is 20.1 Å². The number of aliphatic carboxylic acids is 1. The zero-order valence-electron chi connectivity index (χ0n) is 21.6. The third-order valence-corrected chi connectivity index (χ3v) is 8.61. The van der Waals surface area contributed by atoms with Crippen LogP contribution in [0.25, 0.3) is 0 Å². The lowest BCUT2D eigenvalue weighted by atomic mass is 9.95. The van der Waals surface area contributed by atoms with Crippen LogP contribution in [-0.4, -0.2) is 89.0 Å². The summed E-state index contributed by atoms with van der Waals surface area (Å²) in [6.07, 6.45) is 1.99. The number of hydrogen-bond acceptors (Lipinski definition) is 9. The quantitative estimate of drug-likeness (QED) is 0.445. The molecule has 0 amide bonds. The first-order chi connectivity index (χ1) is 19.0. The molecule has 9 nitrogen and oxygen atoms in total. The molecule has 14 heteroatoms. The molecule has 214 valence electrons. The number of carboxylic acid groups (broad SMARTS) is 1. The molecular formula is C26H27ClF3N5O4S. The number of aliphatic imine (C=N–C) groups is 1. The van der Waals surface area contributed by atoms with Crippen LogP contribution in [0.3, 0.4) is 0 Å². The minimum atomic E-state index is -3.11. The summed E-state index contributed by atoms with van der Waals surface area (Å²) in [6, 6.07) is 1.01. The number of thiazole rings is 1. The average Bonchev–Trinajstić information content (AvgIpc) is 3.63. The van der Waals surface area contributed by atoms with Gasteiger partial charge in [-0.1, -0.05) is 24.6 Å². The molecule has 5 rings (SSSR count). The van der Waals surface area contributed by atoms with E-state index in [9.17, 15) is 19.1 Å². The van der Waals surface area contributed by atoms with Crippen LogP contribution >= 0.6 is 22.9 Å². The van der Waals surface area contributed by atoms with Crippen molar-refractivity contribution >= 4 is 40.7 Å². The highest BCUT2D eigenvalue weighted by Gasteiger charge is 2.59. The first-order valence-electron chi connectivity index (χ1n) is 12.6. The fraction of sp³-hybridized carbons (Fsp3) is 0.462. The van der Waals surface area contributed by atoms with Gasteiger partial charge in [0.2, 0.25) is 0 Å². The number of rotatable bonds is 8. The van der Waals surface area contributed by atoms with E-state index in [2.05, 4.69) is 15.3 Å². The molecule has 2 N–H and O–H groups in total. The van der Waals surface area contributed by atoms with E-state index in [1.54, 1.807) is 21.4 Å². The van der Waals surface area contributed by atoms with Crippen molar-refractivity contribution in [3.63, 3.8) is 0 Å². The maximum absolute atomic E-state index is 15.4. The molecule has 0 bridgehead atoms. The lowest BCUT2D eigenvalue weighted by Crippen LogP contribution is -2.47. The Balaban J connectivity index is 1.53. The Hall–Kier alpha value is -3.00. The smallest absolute Gasteiger partial charge is 0.338 e. The van der Waals surface area contributed by atoms with Crippen molar-refractivity contribution < 1.29 is 32.6 Å². The Labute approximate surface area is 237 Å². The summed E-state index contributed by atoms with van der Waals surface area (Å²) in [4.78, 5) is 36.7. The van der Waals surface area contributed by atoms with Crippen LogP contribution in [0.2, 0.25) is 5.02 Å². The highest BCUT2D eigenvalue weighted by atomic mass is 35.5. The summed E-state index contributed by atoms with van der Waals surface area (Å²) in [5.41, 5.74) is 0.708. The van der Waals surface area contributed by atoms with Crippen molar-refractivity contribution in [3.05, 3.63) is 62.5 Å². The number of methoxy groups -OCH3 is 1. The Kier molecular flexibility index (Phi) is 7.92. The van der Waals surface area contributed by atoms with Crippen molar-refractivity contribution in [2.45, 2.75) is 37.4 Å². The van der Waals surface area contributed by atoms with Gasteiger partial charge in [-0.15, -0.1) is 11.3 Å². The van der Waals surface area contributed by atoms with Crippen LogP contribution < -0.4 is 5.32 Å². The number of benzene rings is 1. The molecule has 1 aromatic heterocycles. The number of carbonyl (C=O) groups excluding carboxylic acids is 1. The molecule has 2 aromatic rings. The number of carbonyl (C=O) groups is 2. The largest absolute Gasteiger partial charge is 0.481 e. The van der Waals surface area contributed by atoms with Gasteiger partial charge >= 0.3 is 11.9 Å². The molecule has 1 aromatic carbocycles. The van der Waals surface area contributed by atoms with Gasteiger partial charge in [-0.05, 0) is 18.6 Å². The second kappa shape index (κ2) is 11.1. The van der Waals surface area contributed by atoms with Crippen molar-refractivity contribution in [3.8, 4) is 0 Å². The minimum absolute atomic E-state index is 0.0142. The summed E-state index contributed by atoms with van der Waals surface area (Å²) < 4.78 is 49.8. The third-order valence-electron chi connectivity index (χ3n) is 7.50. The normalized spacial score (nSPS) is 25.4. The topological polar surface area (TPSA) is 107 Å². The lowest BCUT2D eigenvalue weighted by Gasteiger charge is -2.31. The number of hydrogen-bond donors (Lipinski definition) is 2. The van der Waals surface area contributed by atoms with Gasteiger partial charge in [0.25, 0.3) is 5.92 Å². The number of amidine groups is 1. The second-order valence-corrected chi connectivity index (χ2v) is 11.4. The number of nitrogens with zero attached hydrogens (tertiary/aromatic N) is 4. The number of aromatic nitrogens is 1. The van der Waals surface area contributed by atoms with Crippen LogP contribution in [-0.2, 0) is 14.3 Å². The maximum atomic E-state index is 15.4. The molecule has 4 unspecified atom stereocenters. The van der Waals surface area contributed by atoms with E-state index in [-0.39, 0.29) is 23.7 Å². The minimum Gasteiger partial charge on any atom is -0.481 e. The monoisotopic (exact) mass is 597 g/mol. The molecule has 3 aliphatic heterocycles. The van der Waals surface area contributed by atoms with E-state index in [0.717, 1.165) is 6.07 Å². The predicted octanol–water partition coefficient (Wildman–Crippen LogP) is 3.57. The van der Waals surface area contributed by atoms with E-state index in [1.165, 1.54) is 37.5 Å². The van der Waals surface area contributed by atoms with Gasteiger partial charge in [0.1, 0.15) is 11.9 Å². The summed E-state index contributed by atoms with van der Waals surface area (Å²) in [5.74, 6) is -5.93. The van der Waals surface area contributed by atoms with Crippen LogP contribution in [0.15, 0.2) is 46.0 Å². The van der Waals surface area contributed by atoms with Gasteiger partial charge < -0.3 is 15.2 Å². The van der Waals surface area contributed by atoms with Gasteiger partial charge in [0.05, 0.1) is 31.2 Å². The van der Waals surface area contributed by atoms with Crippen LogP contribution in [0.1, 0.15) is 30.0 Å². The summed E-state index contributed by atoms with van der Waals surface area (Å²) >= 11 is 7.68. The highest BCUT2D eigenvalue weighted by Crippen LogP contribution is 2.43. The van der Waals surface area contributed by atoms with Gasteiger partial charge in [-0.2, -0.15) is 0 Å². The average molecular weight is 598 g/mol. The highest BCUT2D eigenvalue weighted by molar-refractivity contribution is 7.11. The number of nitrogens with one attached hydrogen (secondary N) is 1. The number of esters is 1. The second-order valence-electron chi connectivity index (χ2n) is 10.1. The van der Waals surface area contributed by atoms with Gasteiger partial charge in [-0.3, -0.25) is 19.6 Å². The molecule has 40 heavy (non-hydrogen) atoms. The van der Waals surface area contributed by atoms with Crippen molar-refractivity contribution in [1.29, 1.82) is 0 Å². The summed E-state index contributed by atoms with van der Waals surface area (Å²) in [7, 11) is 1.20. The van der Waals surface area contributed by atoms with E-state index in [1.807, 2.05) is 0 Å². The molecule has 2 saturated heterocycles. The predicted molar refractivity (Wildman–Crippen MR) is 142 cm³/mol. The zero-order valence-corrected chi connectivity index (χ0v) is 23.2. The molecule has 3 aliphatic rings. The lowest BCUT2D eigenvalue weighted by molar-refractivity contribution is -0.142. The van der Waals surface area contributed by atoms with Crippen molar-refractivity contribution in [2.75, 3.05) is 33.3 Å². The van der Waals surface area contributed by atoms with Crippen LogP contribution in [0.5, 0.6) is 0 Å². The maximum Gasteiger partial charge on any atom is 0.338 e. The molecule has 0 aliphatic carbocycles. The fourth-order valence-corrected chi connectivity index (χ4v) is 6.59. The Morgan fingerprint density at radius 2 is 2.12 bits per heavy atom. The third kappa shape index (κ3) is 5.35. The number of likely N-dealkylation sites (tertiary alicyclic amines) is 2. The van der Waals surface area contributed by atoms with Gasteiger partial charge in [0, 0.05) is 53.5 Å². The van der Waals surface area contributed by atoms with Crippen LogP contribution in [0, 0.1) is 11.7 Å². The van der Waals surface area contributed by atoms with E-state index >= 15 is 8.78 Å². The molecule has 0 spiro atoms. The SMILES string of the molecule is COC(=O)C1=C(CN2CC(F)(F)C3C2CCN3CC(C)C(=O)O)NC(c2nccs2)=NC1c1ccc(F)cc1Cl. The van der Waals surface area contributed by atoms with Crippen LogP contribution in [0.4, 0.5) is 13.2 Å². The van der Waals surface area contributed by atoms with Crippen molar-refractivity contribution in [2.24, 2.45) is 10.9 Å². The Morgan fingerprint density at radius 3 is 2.77 bits per heavy atom. The Morgan fingerprint density at radius 1 is 1.35 bits per heavy atom. The van der Waals surface area contributed by atoms with Gasteiger partial charge in [-0.25, -0.2) is 22.9 Å². The first kappa shape index (κ1) is 28.5. The van der Waals surface area contributed by atoms with E-state index in [0.29, 0.717) is 35.1 Å². The number of alkyl halides is 2. The summed E-state index contributed by atoms with van der Waals surface area (Å²) in [6.45, 7) is 1.20. The molecule has 0 radical (unpaired) electrons. The molecule has 2 fully saturated rings. The molecular weight excluding hydrogens is 571 g/mol. The Bertz CT molecular complexity index is 1370. The fourth-order valence-electron chi connectivity index (χ4n) is 5.73. The van der Waals surface area contributed by atoms with E-state index < -0.39 is 54.3 Å². The molecule has 0 saturated carbocycles. The zero-order chi connectivity index (χ0) is 28.8. The van der Waals surface area contributed by atoms with Gasteiger partial charge in [0.15, 0.2) is 10.8 Å². The number of halogens is 4. The number of fused-ring (bicyclic) bond motifs is 1. The summed E-state index contributed by atoms with van der Waals surface area (Å²) in [5, 5.41) is 14.7. The van der Waals surface area contributed by atoms with E-state index in [4.69, 9.17) is 16.3 Å². The molecule has 4 atom stereocenters. The molecule has 4 heterocycles.